The third kappa shape index (κ3) is 4.94. The first-order chi connectivity index (χ1) is 17.8. The summed E-state index contributed by atoms with van der Waals surface area (Å²) in [4.78, 5) is 41.4. The number of aromatic hydroxyl groups is 1. The van der Waals surface area contributed by atoms with E-state index in [-0.39, 0.29) is 34.9 Å². The third-order valence-electron chi connectivity index (χ3n) is 8.42. The third-order valence-corrected chi connectivity index (χ3v) is 8.42. The molecule has 0 spiro atoms. The normalized spacial score (nSPS) is 27.4. The van der Waals surface area contributed by atoms with E-state index in [9.17, 15) is 19.5 Å². The fraction of sp³-hybridized carbons (Fsp3) is 0.452. The van der Waals surface area contributed by atoms with E-state index in [1.54, 1.807) is 24.3 Å². The lowest BCUT2D eigenvalue weighted by Gasteiger charge is -2.45. The number of allylic oxidation sites excluding steroid dienone is 4. The fourth-order valence-corrected chi connectivity index (χ4v) is 6.29. The Kier molecular flexibility index (Phi) is 6.93. The van der Waals surface area contributed by atoms with Crippen LogP contribution in [-0.2, 0) is 4.79 Å². The zero-order valence-electron chi connectivity index (χ0n) is 21.7. The molecule has 37 heavy (non-hydrogen) atoms. The fourth-order valence-electron chi connectivity index (χ4n) is 6.29. The molecule has 2 saturated carbocycles. The van der Waals surface area contributed by atoms with Crippen LogP contribution in [0.15, 0.2) is 59.1 Å². The first kappa shape index (κ1) is 25.2. The van der Waals surface area contributed by atoms with E-state index in [1.807, 2.05) is 19.1 Å². The maximum Gasteiger partial charge on any atom is 0.314 e. The monoisotopic (exact) mass is 501 g/mol. The Morgan fingerprint density at radius 1 is 1.11 bits per heavy atom. The predicted octanol–water partition coefficient (Wildman–Crippen LogP) is 6.07. The number of benzene rings is 1. The minimum absolute atomic E-state index is 0.00700. The Morgan fingerprint density at radius 2 is 1.84 bits per heavy atom. The van der Waals surface area contributed by atoms with Crippen LogP contribution in [0.4, 0.5) is 0 Å². The van der Waals surface area contributed by atoms with Crippen molar-refractivity contribution in [3.05, 3.63) is 70.2 Å². The summed E-state index contributed by atoms with van der Waals surface area (Å²) < 4.78 is 5.39. The number of pyridine rings is 1. The summed E-state index contributed by atoms with van der Waals surface area (Å²) in [5.41, 5.74) is 1.37. The molecular formula is C31H35NO5. The van der Waals surface area contributed by atoms with Crippen molar-refractivity contribution < 1.29 is 19.4 Å². The van der Waals surface area contributed by atoms with Crippen LogP contribution in [-0.4, -0.2) is 21.8 Å². The van der Waals surface area contributed by atoms with E-state index in [2.05, 4.69) is 24.9 Å². The highest BCUT2D eigenvalue weighted by atomic mass is 16.5. The molecule has 0 unspecified atom stereocenters. The van der Waals surface area contributed by atoms with Crippen LogP contribution in [0.5, 0.6) is 11.5 Å². The molecule has 2 fully saturated rings. The summed E-state index contributed by atoms with van der Waals surface area (Å²) in [6.07, 6.45) is 12.6. The van der Waals surface area contributed by atoms with E-state index in [4.69, 9.17) is 4.74 Å². The number of esters is 1. The quantitative estimate of drug-likeness (QED) is 0.217. The molecule has 5 atom stereocenters. The summed E-state index contributed by atoms with van der Waals surface area (Å²) in [6.45, 7) is 6.33. The smallest absolute Gasteiger partial charge is 0.314 e. The molecule has 0 saturated heterocycles. The van der Waals surface area contributed by atoms with Crippen molar-refractivity contribution in [2.24, 2.45) is 35.5 Å². The number of fused-ring (bicyclic) bond motifs is 1. The number of Topliss-reactive ketones (excluding diaryl/α,β-unsaturated/α-hetero) is 1. The summed E-state index contributed by atoms with van der Waals surface area (Å²) in [5, 5.41) is 11.2. The topological polar surface area (TPSA) is 96.5 Å². The van der Waals surface area contributed by atoms with Gasteiger partial charge in [0.2, 0.25) is 0 Å². The average Bonchev–Trinajstić information content (AvgIpc) is 3.72. The summed E-state index contributed by atoms with van der Waals surface area (Å²) in [5.74, 6) is 0.389. The molecule has 1 aromatic carbocycles. The number of carbonyl (C=O) groups excluding carboxylic acids is 2. The van der Waals surface area contributed by atoms with Crippen molar-refractivity contribution in [2.75, 3.05) is 0 Å². The Balaban J connectivity index is 1.47. The van der Waals surface area contributed by atoms with E-state index in [1.165, 1.54) is 18.2 Å². The van der Waals surface area contributed by atoms with Gasteiger partial charge in [0.1, 0.15) is 17.1 Å². The van der Waals surface area contributed by atoms with Gasteiger partial charge in [-0.3, -0.25) is 14.4 Å². The van der Waals surface area contributed by atoms with Crippen molar-refractivity contribution in [2.45, 2.75) is 52.9 Å². The summed E-state index contributed by atoms with van der Waals surface area (Å²) >= 11 is 0. The van der Waals surface area contributed by atoms with Gasteiger partial charge in [-0.1, -0.05) is 49.3 Å². The Bertz CT molecular complexity index is 1310. The largest absolute Gasteiger partial charge is 0.506 e. The van der Waals surface area contributed by atoms with Gasteiger partial charge in [-0.2, -0.15) is 0 Å². The average molecular weight is 502 g/mol. The van der Waals surface area contributed by atoms with Gasteiger partial charge in [0.05, 0.1) is 5.92 Å². The lowest BCUT2D eigenvalue weighted by molar-refractivity contribution is -0.135. The highest BCUT2D eigenvalue weighted by Crippen LogP contribution is 2.49. The SMILES string of the molecule is C/C=C/[C@@H]1[C@H]2C[C@@H](C)CC[C@@H]2C(C)=C[C@H]1C(=O)c1c(O)c(-c2ccc(OC(=O)C3CC3)cc2)c[nH]c1=O. The van der Waals surface area contributed by atoms with Gasteiger partial charge in [0.15, 0.2) is 5.78 Å². The highest BCUT2D eigenvalue weighted by Gasteiger charge is 2.43. The zero-order valence-corrected chi connectivity index (χ0v) is 21.7. The van der Waals surface area contributed by atoms with Crippen LogP contribution in [0.3, 0.4) is 0 Å². The first-order valence-electron chi connectivity index (χ1n) is 13.4. The molecule has 2 N–H and O–H groups in total. The summed E-state index contributed by atoms with van der Waals surface area (Å²) in [6, 6.07) is 6.72. The molecule has 6 heteroatoms. The van der Waals surface area contributed by atoms with Crippen molar-refractivity contribution in [1.82, 2.24) is 4.98 Å². The van der Waals surface area contributed by atoms with Crippen LogP contribution >= 0.6 is 0 Å². The van der Waals surface area contributed by atoms with Gasteiger partial charge in [-0.25, -0.2) is 0 Å². The van der Waals surface area contributed by atoms with E-state index < -0.39 is 11.5 Å². The molecule has 3 aliphatic carbocycles. The van der Waals surface area contributed by atoms with Crippen molar-refractivity contribution in [3.63, 3.8) is 0 Å². The van der Waals surface area contributed by atoms with E-state index in [0.29, 0.717) is 34.6 Å². The van der Waals surface area contributed by atoms with Crippen LogP contribution in [0.2, 0.25) is 0 Å². The Hall–Kier alpha value is -3.41. The second kappa shape index (κ2) is 10.2. The number of aromatic nitrogens is 1. The minimum Gasteiger partial charge on any atom is -0.506 e. The van der Waals surface area contributed by atoms with Gasteiger partial charge < -0.3 is 14.8 Å². The molecular weight excluding hydrogens is 466 g/mol. The maximum absolute atomic E-state index is 13.9. The lowest BCUT2D eigenvalue weighted by atomic mass is 9.59. The molecule has 1 heterocycles. The number of hydrogen-bond donors (Lipinski definition) is 2. The van der Waals surface area contributed by atoms with Crippen LogP contribution in [0.25, 0.3) is 11.1 Å². The van der Waals surface area contributed by atoms with Crippen molar-refractivity contribution in [3.8, 4) is 22.6 Å². The Morgan fingerprint density at radius 3 is 2.51 bits per heavy atom. The number of rotatable bonds is 6. The lowest BCUT2D eigenvalue weighted by Crippen LogP contribution is -2.40. The molecule has 0 amide bonds. The second-order valence-electron chi connectivity index (χ2n) is 11.1. The van der Waals surface area contributed by atoms with E-state index in [0.717, 1.165) is 25.7 Å². The summed E-state index contributed by atoms with van der Waals surface area (Å²) in [7, 11) is 0. The van der Waals surface area contributed by atoms with Crippen LogP contribution in [0.1, 0.15) is 63.2 Å². The standard InChI is InChI=1S/C31H35NO5/c1-4-5-23-24-14-17(2)6-13-22(24)18(3)15-25(23)28(33)27-29(34)26(16-32-30(27)35)19-9-11-21(12-10-19)37-31(36)20-7-8-20/h4-5,9-12,15-17,20,22-25H,6-8,13-14H2,1-3H3,(H2,32,34,35)/b5-4+/t17-,22+,23+,24-,25+/m0/s1. The maximum atomic E-state index is 13.9. The van der Waals surface area contributed by atoms with Gasteiger partial charge in [-0.05, 0) is 80.9 Å². The minimum atomic E-state index is -0.592. The Labute approximate surface area is 217 Å². The van der Waals surface area contributed by atoms with Crippen molar-refractivity contribution >= 4 is 11.8 Å². The number of hydrogen-bond acceptors (Lipinski definition) is 5. The number of carbonyl (C=O) groups is 2. The number of aromatic amines is 1. The molecule has 194 valence electrons. The molecule has 0 bridgehead atoms. The molecule has 5 rings (SSSR count). The first-order valence-corrected chi connectivity index (χ1v) is 13.4. The molecule has 6 nitrogen and oxygen atoms in total. The number of nitrogens with one attached hydrogen (secondary N) is 1. The van der Waals surface area contributed by atoms with Gasteiger partial charge in [0, 0.05) is 17.7 Å². The van der Waals surface area contributed by atoms with E-state index >= 15 is 0 Å². The number of ketones is 1. The molecule has 1 aromatic heterocycles. The zero-order chi connectivity index (χ0) is 26.3. The van der Waals surface area contributed by atoms with Gasteiger partial charge in [0.25, 0.3) is 5.56 Å². The van der Waals surface area contributed by atoms with Crippen LogP contribution in [0, 0.1) is 35.5 Å². The molecule has 0 aliphatic heterocycles. The second-order valence-corrected chi connectivity index (χ2v) is 11.1. The van der Waals surface area contributed by atoms with Crippen molar-refractivity contribution in [1.29, 1.82) is 0 Å². The van der Waals surface area contributed by atoms with Crippen LogP contribution < -0.4 is 10.3 Å². The van der Waals surface area contributed by atoms with Gasteiger partial charge in [-0.15, -0.1) is 0 Å². The molecule has 0 radical (unpaired) electrons. The number of H-pyrrole nitrogens is 1. The highest BCUT2D eigenvalue weighted by molar-refractivity contribution is 6.03. The predicted molar refractivity (Wildman–Crippen MR) is 142 cm³/mol. The molecule has 2 aromatic rings. The number of ether oxygens (including phenoxy) is 1. The molecule has 3 aliphatic rings. The van der Waals surface area contributed by atoms with Gasteiger partial charge >= 0.3 is 5.97 Å².